The van der Waals surface area contributed by atoms with Crippen LogP contribution in [0.5, 0.6) is 0 Å². The van der Waals surface area contributed by atoms with Crippen LogP contribution in [0, 0.1) is 6.92 Å². The number of benzene rings is 1. The molecule has 1 aromatic carbocycles. The zero-order valence-electron chi connectivity index (χ0n) is 11.6. The predicted octanol–water partition coefficient (Wildman–Crippen LogP) is 0.748. The number of fused-ring (bicyclic) bond motifs is 1. The summed E-state index contributed by atoms with van der Waals surface area (Å²) in [5.74, 6) is 0.0464. The van der Waals surface area contributed by atoms with E-state index in [4.69, 9.17) is 0 Å². The third kappa shape index (κ3) is 2.42. The van der Waals surface area contributed by atoms with Crippen LogP contribution in [-0.4, -0.2) is 29.5 Å². The Balaban J connectivity index is 2.16. The van der Waals surface area contributed by atoms with E-state index in [0.717, 1.165) is 5.56 Å². The van der Waals surface area contributed by atoms with Gasteiger partial charge in [0.25, 0.3) is 5.56 Å². The van der Waals surface area contributed by atoms with Crippen molar-refractivity contribution in [3.63, 3.8) is 0 Å². The number of H-pyrrole nitrogens is 1. The predicted molar refractivity (Wildman–Crippen MR) is 80.5 cm³/mol. The zero-order chi connectivity index (χ0) is 15.2. The first-order valence-corrected chi connectivity index (χ1v) is 8.66. The van der Waals surface area contributed by atoms with Gasteiger partial charge in [0.05, 0.1) is 22.4 Å². The largest absolute Gasteiger partial charge is 0.329 e. The quantitative estimate of drug-likeness (QED) is 0.842. The molecule has 0 amide bonds. The monoisotopic (exact) mass is 308 g/mol. The highest BCUT2D eigenvalue weighted by atomic mass is 32.2. The van der Waals surface area contributed by atoms with Crippen LogP contribution in [0.2, 0.25) is 0 Å². The molecule has 2 aromatic rings. The van der Waals surface area contributed by atoms with Crippen LogP contribution in [0.1, 0.15) is 24.4 Å². The van der Waals surface area contributed by atoms with Gasteiger partial charge in [0.15, 0.2) is 0 Å². The van der Waals surface area contributed by atoms with Crippen molar-refractivity contribution in [3.8, 4) is 0 Å². The van der Waals surface area contributed by atoms with E-state index in [9.17, 15) is 18.0 Å². The van der Waals surface area contributed by atoms with Crippen molar-refractivity contribution in [2.75, 3.05) is 11.5 Å². The van der Waals surface area contributed by atoms with Gasteiger partial charge in [-0.3, -0.25) is 9.36 Å². The molecule has 112 valence electrons. The van der Waals surface area contributed by atoms with Gasteiger partial charge in [-0.05, 0) is 31.4 Å². The van der Waals surface area contributed by atoms with E-state index in [1.165, 1.54) is 4.57 Å². The number of hydrogen-bond acceptors (Lipinski definition) is 4. The lowest BCUT2D eigenvalue weighted by molar-refractivity contribution is 0.426. The Morgan fingerprint density at radius 1 is 1.19 bits per heavy atom. The van der Waals surface area contributed by atoms with Crippen molar-refractivity contribution in [1.82, 2.24) is 9.55 Å². The van der Waals surface area contributed by atoms with Crippen molar-refractivity contribution in [1.29, 1.82) is 0 Å². The summed E-state index contributed by atoms with van der Waals surface area (Å²) < 4.78 is 24.1. The molecule has 0 bridgehead atoms. The number of para-hydroxylation sites is 1. The number of aryl methyl sites for hydroxylation is 1. The zero-order valence-corrected chi connectivity index (χ0v) is 12.4. The summed E-state index contributed by atoms with van der Waals surface area (Å²) in [5.41, 5.74) is 0.570. The minimum absolute atomic E-state index is 0.0232. The molecule has 0 spiro atoms. The summed E-state index contributed by atoms with van der Waals surface area (Å²) in [6, 6.07) is 4.92. The van der Waals surface area contributed by atoms with E-state index >= 15 is 0 Å². The van der Waals surface area contributed by atoms with Crippen LogP contribution in [0.3, 0.4) is 0 Å². The van der Waals surface area contributed by atoms with E-state index in [-0.39, 0.29) is 23.1 Å². The summed E-state index contributed by atoms with van der Waals surface area (Å²) >= 11 is 0. The molecular weight excluding hydrogens is 292 g/mol. The Kier molecular flexibility index (Phi) is 3.24. The Morgan fingerprint density at radius 3 is 2.52 bits per heavy atom. The third-order valence-corrected chi connectivity index (χ3v) is 5.78. The number of aromatic nitrogens is 2. The summed E-state index contributed by atoms with van der Waals surface area (Å²) in [4.78, 5) is 27.5. The van der Waals surface area contributed by atoms with Crippen molar-refractivity contribution in [3.05, 3.63) is 44.6 Å². The maximum atomic E-state index is 12.6. The lowest BCUT2D eigenvalue weighted by Crippen LogP contribution is -2.41. The molecule has 1 aromatic heterocycles. The van der Waals surface area contributed by atoms with Crippen LogP contribution in [0.4, 0.5) is 0 Å². The fourth-order valence-corrected chi connectivity index (χ4v) is 4.34. The van der Waals surface area contributed by atoms with E-state index in [0.29, 0.717) is 23.7 Å². The SMILES string of the molecule is Cc1cccc2c(=O)n(C3CCS(=O)(=O)CC3)c(=O)[nH]c12. The fraction of sp³-hybridized carbons (Fsp3) is 0.429. The normalized spacial score (nSPS) is 18.9. The Hall–Kier alpha value is -1.89. The first-order valence-electron chi connectivity index (χ1n) is 6.83. The topological polar surface area (TPSA) is 89.0 Å². The van der Waals surface area contributed by atoms with Gasteiger partial charge in [0.2, 0.25) is 0 Å². The average Bonchev–Trinajstić information content (AvgIpc) is 2.42. The van der Waals surface area contributed by atoms with Gasteiger partial charge in [-0.2, -0.15) is 0 Å². The Morgan fingerprint density at radius 2 is 1.86 bits per heavy atom. The minimum Gasteiger partial charge on any atom is -0.306 e. The molecule has 0 radical (unpaired) electrons. The van der Waals surface area contributed by atoms with Crippen LogP contribution in [0.15, 0.2) is 27.8 Å². The molecule has 7 heteroatoms. The van der Waals surface area contributed by atoms with Gasteiger partial charge in [0.1, 0.15) is 9.84 Å². The second-order valence-electron chi connectivity index (χ2n) is 5.49. The first-order chi connectivity index (χ1) is 9.89. The minimum atomic E-state index is -3.03. The fourth-order valence-electron chi connectivity index (χ4n) is 2.87. The molecular formula is C14H16N2O4S. The van der Waals surface area contributed by atoms with Gasteiger partial charge in [-0.15, -0.1) is 0 Å². The maximum absolute atomic E-state index is 12.6. The molecule has 0 aliphatic carbocycles. The summed E-state index contributed by atoms with van der Waals surface area (Å²) in [5, 5.41) is 0.461. The average molecular weight is 308 g/mol. The summed E-state index contributed by atoms with van der Waals surface area (Å²) in [6.45, 7) is 1.83. The number of nitrogens with zero attached hydrogens (tertiary/aromatic N) is 1. The summed E-state index contributed by atoms with van der Waals surface area (Å²) in [7, 11) is -3.03. The molecule has 1 fully saturated rings. The van der Waals surface area contributed by atoms with E-state index < -0.39 is 15.5 Å². The molecule has 21 heavy (non-hydrogen) atoms. The van der Waals surface area contributed by atoms with Gasteiger partial charge in [-0.1, -0.05) is 12.1 Å². The lowest BCUT2D eigenvalue weighted by atomic mass is 10.1. The van der Waals surface area contributed by atoms with Gasteiger partial charge < -0.3 is 4.98 Å². The Labute approximate surface area is 121 Å². The molecule has 1 aliphatic heterocycles. The molecule has 1 N–H and O–H groups in total. The van der Waals surface area contributed by atoms with Crippen molar-refractivity contribution < 1.29 is 8.42 Å². The number of sulfone groups is 1. The highest BCUT2D eigenvalue weighted by Crippen LogP contribution is 2.22. The second-order valence-corrected chi connectivity index (χ2v) is 7.79. The molecule has 0 saturated carbocycles. The van der Waals surface area contributed by atoms with Crippen LogP contribution in [0.25, 0.3) is 10.9 Å². The molecule has 1 aliphatic rings. The van der Waals surface area contributed by atoms with Crippen LogP contribution >= 0.6 is 0 Å². The van der Waals surface area contributed by atoms with Crippen LogP contribution < -0.4 is 11.2 Å². The number of rotatable bonds is 1. The van der Waals surface area contributed by atoms with Gasteiger partial charge in [-0.25, -0.2) is 13.2 Å². The Bertz CT molecular complexity index is 910. The van der Waals surface area contributed by atoms with Gasteiger partial charge in [0, 0.05) is 6.04 Å². The van der Waals surface area contributed by atoms with Crippen molar-refractivity contribution in [2.45, 2.75) is 25.8 Å². The van der Waals surface area contributed by atoms with E-state index in [1.54, 1.807) is 12.1 Å². The summed E-state index contributed by atoms with van der Waals surface area (Å²) in [6.07, 6.45) is 0.616. The first kappa shape index (κ1) is 14.1. The maximum Gasteiger partial charge on any atom is 0.329 e. The highest BCUT2D eigenvalue weighted by Gasteiger charge is 2.27. The van der Waals surface area contributed by atoms with Crippen molar-refractivity contribution in [2.24, 2.45) is 0 Å². The van der Waals surface area contributed by atoms with Crippen molar-refractivity contribution >= 4 is 20.7 Å². The third-order valence-electron chi connectivity index (χ3n) is 4.06. The standard InChI is InChI=1S/C14H16N2O4S/c1-9-3-2-4-11-12(9)15-14(18)16(13(11)17)10-5-7-21(19,20)8-6-10/h2-4,10H,5-8H2,1H3,(H,15,18). The van der Waals surface area contributed by atoms with E-state index in [2.05, 4.69) is 4.98 Å². The van der Waals surface area contributed by atoms with Crippen LogP contribution in [-0.2, 0) is 9.84 Å². The molecule has 0 atom stereocenters. The lowest BCUT2D eigenvalue weighted by Gasteiger charge is -2.23. The smallest absolute Gasteiger partial charge is 0.306 e. The molecule has 3 rings (SSSR count). The number of hydrogen-bond donors (Lipinski definition) is 1. The molecule has 6 nitrogen and oxygen atoms in total. The number of nitrogens with one attached hydrogen (secondary N) is 1. The molecule has 2 heterocycles. The second kappa shape index (κ2) is 4.84. The highest BCUT2D eigenvalue weighted by molar-refractivity contribution is 7.91. The molecule has 1 saturated heterocycles. The van der Waals surface area contributed by atoms with Gasteiger partial charge >= 0.3 is 5.69 Å². The van der Waals surface area contributed by atoms with E-state index in [1.807, 2.05) is 13.0 Å². The molecule has 0 unspecified atom stereocenters. The number of aromatic amines is 1.